The summed E-state index contributed by atoms with van der Waals surface area (Å²) in [4.78, 5) is 0. The summed E-state index contributed by atoms with van der Waals surface area (Å²) in [5, 5.41) is 9.66. The molecule has 0 amide bonds. The summed E-state index contributed by atoms with van der Waals surface area (Å²) in [6.07, 6.45) is -0.627. The molecule has 1 rings (SSSR count). The smallest absolute Gasteiger partial charge is 0.138 e. The van der Waals surface area contributed by atoms with Gasteiger partial charge in [0.15, 0.2) is 0 Å². The number of aliphatic hydroxyl groups is 1. The zero-order chi connectivity index (χ0) is 12.1. The molecule has 0 heterocycles. The molecule has 0 aliphatic rings. The average Bonchev–Trinajstić information content (AvgIpc) is 2.25. The lowest BCUT2D eigenvalue weighted by Crippen LogP contribution is -2.26. The summed E-state index contributed by atoms with van der Waals surface area (Å²) < 4.78 is 21.2. The lowest BCUT2D eigenvalue weighted by atomic mass is 10.2. The summed E-state index contributed by atoms with van der Waals surface area (Å²) in [5.74, 6) is 0.0138. The predicted molar refractivity (Wildman–Crippen MR) is 69.7 cm³/mol. The van der Waals surface area contributed by atoms with Gasteiger partial charge in [-0.2, -0.15) is 0 Å². The first-order valence-corrected chi connectivity index (χ1v) is 6.11. The summed E-state index contributed by atoms with van der Waals surface area (Å²) in [6, 6.07) is 2.74. The Morgan fingerprint density at radius 1 is 1.62 bits per heavy atom. The van der Waals surface area contributed by atoms with Crippen molar-refractivity contribution in [2.75, 3.05) is 13.2 Å². The Kier molecular flexibility index (Phi) is 5.74. The van der Waals surface area contributed by atoms with Crippen LogP contribution in [0.5, 0.6) is 5.75 Å². The fourth-order valence-corrected chi connectivity index (χ4v) is 1.80. The molecular formula is C10H12ClFINO2. The van der Waals surface area contributed by atoms with Crippen LogP contribution in [0, 0.1) is 12.7 Å². The van der Waals surface area contributed by atoms with Crippen molar-refractivity contribution in [2.24, 2.45) is 0 Å². The Bertz CT molecular complexity index is 365. The van der Waals surface area contributed by atoms with E-state index in [0.29, 0.717) is 17.9 Å². The van der Waals surface area contributed by atoms with E-state index >= 15 is 0 Å². The maximum Gasteiger partial charge on any atom is 0.138 e. The van der Waals surface area contributed by atoms with E-state index in [-0.39, 0.29) is 17.4 Å². The first-order valence-electron chi connectivity index (χ1n) is 4.65. The van der Waals surface area contributed by atoms with E-state index < -0.39 is 6.10 Å². The standard InChI is InChI=1S/C10H12ClFINO2/c1-6-8(12)2-3-9(10(6)11)16-5-7(15)4-14-13/h2-3,7,14-15H,4-5H2,1H3. The highest BCUT2D eigenvalue weighted by Crippen LogP contribution is 2.29. The predicted octanol–water partition coefficient (Wildman–Crippen LogP) is 2.47. The molecule has 1 aromatic rings. The van der Waals surface area contributed by atoms with Crippen molar-refractivity contribution >= 4 is 34.5 Å². The molecule has 0 aliphatic heterocycles. The Hall–Kier alpha value is -0.110. The van der Waals surface area contributed by atoms with Crippen LogP contribution < -0.4 is 8.27 Å². The van der Waals surface area contributed by atoms with Crippen molar-refractivity contribution < 1.29 is 14.2 Å². The Morgan fingerprint density at radius 2 is 2.31 bits per heavy atom. The molecule has 1 unspecified atom stereocenters. The number of aliphatic hydroxyl groups excluding tert-OH is 1. The van der Waals surface area contributed by atoms with Crippen molar-refractivity contribution in [3.05, 3.63) is 28.5 Å². The Labute approximate surface area is 112 Å². The maximum atomic E-state index is 13.1. The van der Waals surface area contributed by atoms with Gasteiger partial charge in [0.2, 0.25) is 0 Å². The zero-order valence-corrected chi connectivity index (χ0v) is 11.5. The monoisotopic (exact) mass is 359 g/mol. The topological polar surface area (TPSA) is 41.5 Å². The van der Waals surface area contributed by atoms with Crippen LogP contribution in [0.4, 0.5) is 4.39 Å². The van der Waals surface area contributed by atoms with E-state index in [1.54, 1.807) is 6.92 Å². The highest BCUT2D eigenvalue weighted by Gasteiger charge is 2.10. The number of benzene rings is 1. The second-order valence-corrected chi connectivity index (χ2v) is 4.43. The first-order chi connectivity index (χ1) is 7.56. The molecule has 0 saturated heterocycles. The third-order valence-electron chi connectivity index (χ3n) is 2.03. The summed E-state index contributed by atoms with van der Waals surface area (Å²) in [6.45, 7) is 2.10. The van der Waals surface area contributed by atoms with Crippen LogP contribution in [0.25, 0.3) is 0 Å². The molecule has 1 atom stereocenters. The molecule has 16 heavy (non-hydrogen) atoms. The van der Waals surface area contributed by atoms with Gasteiger partial charge < -0.3 is 9.84 Å². The molecule has 6 heteroatoms. The van der Waals surface area contributed by atoms with Gasteiger partial charge in [-0.15, -0.1) is 0 Å². The quantitative estimate of drug-likeness (QED) is 0.627. The highest BCUT2D eigenvalue weighted by molar-refractivity contribution is 14.1. The second-order valence-electron chi connectivity index (χ2n) is 3.29. The Morgan fingerprint density at radius 3 is 2.94 bits per heavy atom. The van der Waals surface area contributed by atoms with Crippen LogP contribution in [-0.2, 0) is 0 Å². The van der Waals surface area contributed by atoms with Gasteiger partial charge in [0.05, 0.1) is 5.02 Å². The third-order valence-corrected chi connectivity index (χ3v) is 2.94. The second kappa shape index (κ2) is 6.58. The third kappa shape index (κ3) is 3.73. The number of halogens is 3. The van der Waals surface area contributed by atoms with Crippen molar-refractivity contribution in [3.63, 3.8) is 0 Å². The molecule has 1 aromatic carbocycles. The minimum Gasteiger partial charge on any atom is -0.489 e. The van der Waals surface area contributed by atoms with Crippen molar-refractivity contribution in [3.8, 4) is 5.75 Å². The van der Waals surface area contributed by atoms with Gasteiger partial charge >= 0.3 is 0 Å². The lowest BCUT2D eigenvalue weighted by Gasteiger charge is -2.13. The van der Waals surface area contributed by atoms with Crippen molar-refractivity contribution in [2.45, 2.75) is 13.0 Å². The number of hydrogen-bond acceptors (Lipinski definition) is 3. The number of nitrogens with one attached hydrogen (secondary N) is 1. The fraction of sp³-hybridized carbons (Fsp3) is 0.400. The molecule has 0 aromatic heterocycles. The summed E-state index contributed by atoms with van der Waals surface area (Å²) in [7, 11) is 0. The van der Waals surface area contributed by atoms with E-state index in [1.165, 1.54) is 12.1 Å². The summed E-state index contributed by atoms with van der Waals surface area (Å²) in [5.41, 5.74) is 0.348. The van der Waals surface area contributed by atoms with Gasteiger partial charge in [-0.3, -0.25) is 3.53 Å². The van der Waals surface area contributed by atoms with Gasteiger partial charge in [-0.25, -0.2) is 4.39 Å². The minimum absolute atomic E-state index is 0.112. The minimum atomic E-state index is -0.627. The van der Waals surface area contributed by atoms with Crippen LogP contribution >= 0.6 is 34.5 Å². The van der Waals surface area contributed by atoms with E-state index in [0.717, 1.165) is 0 Å². The van der Waals surface area contributed by atoms with Gasteiger partial charge in [-0.05, 0) is 19.1 Å². The Balaban J connectivity index is 2.64. The highest BCUT2D eigenvalue weighted by atomic mass is 127. The number of ether oxygens (including phenoxy) is 1. The van der Waals surface area contributed by atoms with Crippen LogP contribution in [0.15, 0.2) is 12.1 Å². The van der Waals surface area contributed by atoms with Crippen LogP contribution in [0.3, 0.4) is 0 Å². The first kappa shape index (κ1) is 14.0. The van der Waals surface area contributed by atoms with E-state index in [9.17, 15) is 9.50 Å². The molecule has 0 spiro atoms. The van der Waals surface area contributed by atoms with Gasteiger partial charge in [0.25, 0.3) is 0 Å². The van der Waals surface area contributed by atoms with Crippen LogP contribution in [-0.4, -0.2) is 24.4 Å². The van der Waals surface area contributed by atoms with Crippen LogP contribution in [0.1, 0.15) is 5.56 Å². The van der Waals surface area contributed by atoms with E-state index in [4.69, 9.17) is 16.3 Å². The SMILES string of the molecule is Cc1c(F)ccc(OCC(O)CNI)c1Cl. The lowest BCUT2D eigenvalue weighted by molar-refractivity contribution is 0.112. The largest absolute Gasteiger partial charge is 0.489 e. The zero-order valence-electron chi connectivity index (χ0n) is 8.64. The number of hydrogen-bond donors (Lipinski definition) is 2. The maximum absolute atomic E-state index is 13.1. The number of rotatable bonds is 5. The van der Waals surface area contributed by atoms with Gasteiger partial charge in [0.1, 0.15) is 24.3 Å². The molecule has 3 nitrogen and oxygen atoms in total. The van der Waals surface area contributed by atoms with E-state index in [2.05, 4.69) is 3.53 Å². The average molecular weight is 360 g/mol. The van der Waals surface area contributed by atoms with Gasteiger partial charge in [0, 0.05) is 35.0 Å². The van der Waals surface area contributed by atoms with Crippen LogP contribution in [0.2, 0.25) is 5.02 Å². The molecule has 90 valence electrons. The fourth-order valence-electron chi connectivity index (χ4n) is 1.08. The van der Waals surface area contributed by atoms with Crippen molar-refractivity contribution in [1.29, 1.82) is 0 Å². The molecule has 0 aliphatic carbocycles. The molecule has 2 N–H and O–H groups in total. The summed E-state index contributed by atoms with van der Waals surface area (Å²) >= 11 is 7.83. The molecule has 0 saturated carbocycles. The molecule has 0 fully saturated rings. The normalized spacial score (nSPS) is 12.6. The van der Waals surface area contributed by atoms with E-state index in [1.807, 2.05) is 22.9 Å². The molecular weight excluding hydrogens is 347 g/mol. The molecule has 0 radical (unpaired) electrons. The van der Waals surface area contributed by atoms with Gasteiger partial charge in [-0.1, -0.05) is 11.6 Å². The molecule has 0 bridgehead atoms. The van der Waals surface area contributed by atoms with Crippen molar-refractivity contribution in [1.82, 2.24) is 3.53 Å².